The molecule has 0 aromatic carbocycles. The predicted molar refractivity (Wildman–Crippen MR) is 72.5 cm³/mol. The topological polar surface area (TPSA) is 62.5 Å². The number of carbonyl (C=O) groups is 1. The summed E-state index contributed by atoms with van der Waals surface area (Å²) in [6.07, 6.45) is 5.96. The van der Waals surface area contributed by atoms with Crippen LogP contribution in [0.5, 0.6) is 0 Å². The second-order valence-corrected chi connectivity index (χ2v) is 5.17. The monoisotopic (exact) mass is 264 g/mol. The van der Waals surface area contributed by atoms with Gasteiger partial charge in [0.15, 0.2) is 0 Å². The predicted octanol–water partition coefficient (Wildman–Crippen LogP) is 1.42. The third-order valence-electron chi connectivity index (χ3n) is 3.86. The number of nitrogens with zero attached hydrogens (tertiary/aromatic N) is 2. The molecule has 0 spiro atoms. The molecule has 19 heavy (non-hydrogen) atoms. The van der Waals surface area contributed by atoms with E-state index >= 15 is 0 Å². The van der Waals surface area contributed by atoms with Gasteiger partial charge in [0.1, 0.15) is 0 Å². The smallest absolute Gasteiger partial charge is 0.337 e. The Bertz CT molecular complexity index is 510. The maximum atomic E-state index is 11.7. The molecule has 1 aliphatic heterocycles. The molecule has 0 radical (unpaired) electrons. The molecule has 1 aromatic heterocycles. The fraction of sp³-hybridized carbons (Fsp3) is 0.571. The normalized spacial score (nSPS) is 20.4. The Balaban J connectivity index is 2.04. The lowest BCUT2D eigenvalue weighted by molar-refractivity contribution is 0.0695. The van der Waals surface area contributed by atoms with Crippen molar-refractivity contribution in [2.24, 2.45) is 0 Å². The van der Waals surface area contributed by atoms with Crippen LogP contribution < -0.4 is 5.56 Å². The largest absolute Gasteiger partial charge is 0.478 e. The molecule has 104 valence electrons. The SMILES string of the molecule is CN1CCCCC1CCn1cc(C(=O)O)ccc1=O. The number of aromatic carboxylic acids is 1. The minimum atomic E-state index is -0.997. The number of carboxylic acids is 1. The van der Waals surface area contributed by atoms with Crippen molar-refractivity contribution in [3.05, 3.63) is 34.2 Å². The first-order valence-corrected chi connectivity index (χ1v) is 6.72. The van der Waals surface area contributed by atoms with Crippen molar-refractivity contribution >= 4 is 5.97 Å². The van der Waals surface area contributed by atoms with E-state index in [0.29, 0.717) is 12.6 Å². The fourth-order valence-corrected chi connectivity index (χ4v) is 2.63. The average Bonchev–Trinajstić information content (AvgIpc) is 2.39. The molecule has 1 atom stereocenters. The zero-order valence-corrected chi connectivity index (χ0v) is 11.2. The second kappa shape index (κ2) is 6.02. The summed E-state index contributed by atoms with van der Waals surface area (Å²) in [5, 5.41) is 8.94. The Labute approximate surface area is 112 Å². The Morgan fingerprint density at radius 1 is 1.42 bits per heavy atom. The molecule has 1 aromatic rings. The molecule has 1 unspecified atom stereocenters. The van der Waals surface area contributed by atoms with Crippen molar-refractivity contribution in [3.8, 4) is 0 Å². The van der Waals surface area contributed by atoms with Crippen LogP contribution in [-0.2, 0) is 6.54 Å². The lowest BCUT2D eigenvalue weighted by Crippen LogP contribution is -2.37. The molecular formula is C14H20N2O3. The molecule has 0 saturated carbocycles. The average molecular weight is 264 g/mol. The van der Waals surface area contributed by atoms with Gasteiger partial charge in [-0.3, -0.25) is 4.79 Å². The number of piperidine rings is 1. The van der Waals surface area contributed by atoms with Crippen molar-refractivity contribution in [2.75, 3.05) is 13.6 Å². The molecule has 1 fully saturated rings. The first-order chi connectivity index (χ1) is 9.08. The van der Waals surface area contributed by atoms with Gasteiger partial charge in [-0.05, 0) is 38.9 Å². The lowest BCUT2D eigenvalue weighted by Gasteiger charge is -2.32. The number of likely N-dealkylation sites (tertiary alicyclic amines) is 1. The quantitative estimate of drug-likeness (QED) is 0.893. The van der Waals surface area contributed by atoms with Crippen LogP contribution in [0.15, 0.2) is 23.1 Å². The lowest BCUT2D eigenvalue weighted by atomic mass is 10.0. The Hall–Kier alpha value is -1.62. The van der Waals surface area contributed by atoms with E-state index in [1.54, 1.807) is 0 Å². The van der Waals surface area contributed by atoms with Crippen LogP contribution in [0.3, 0.4) is 0 Å². The van der Waals surface area contributed by atoms with Crippen molar-refractivity contribution in [3.63, 3.8) is 0 Å². The van der Waals surface area contributed by atoms with Crippen LogP contribution in [0.1, 0.15) is 36.0 Å². The summed E-state index contributed by atoms with van der Waals surface area (Å²) in [6, 6.07) is 3.18. The summed E-state index contributed by atoms with van der Waals surface area (Å²) >= 11 is 0. The molecule has 0 bridgehead atoms. The van der Waals surface area contributed by atoms with Crippen LogP contribution in [0.25, 0.3) is 0 Å². The molecule has 0 aliphatic carbocycles. The van der Waals surface area contributed by atoms with Gasteiger partial charge >= 0.3 is 5.97 Å². The van der Waals surface area contributed by atoms with E-state index in [1.807, 2.05) is 0 Å². The van der Waals surface area contributed by atoms with Crippen LogP contribution >= 0.6 is 0 Å². The van der Waals surface area contributed by atoms with E-state index in [1.165, 1.54) is 35.7 Å². The number of rotatable bonds is 4. The summed E-state index contributed by atoms with van der Waals surface area (Å²) in [6.45, 7) is 1.68. The highest BCUT2D eigenvalue weighted by atomic mass is 16.4. The zero-order chi connectivity index (χ0) is 13.8. The summed E-state index contributed by atoms with van der Waals surface area (Å²) in [7, 11) is 2.11. The third-order valence-corrected chi connectivity index (χ3v) is 3.86. The molecular weight excluding hydrogens is 244 g/mol. The minimum Gasteiger partial charge on any atom is -0.478 e. The number of hydrogen-bond acceptors (Lipinski definition) is 3. The van der Waals surface area contributed by atoms with Gasteiger partial charge in [-0.2, -0.15) is 0 Å². The van der Waals surface area contributed by atoms with Gasteiger partial charge in [0.2, 0.25) is 0 Å². The van der Waals surface area contributed by atoms with Crippen molar-refractivity contribution in [1.29, 1.82) is 0 Å². The van der Waals surface area contributed by atoms with E-state index in [9.17, 15) is 9.59 Å². The first-order valence-electron chi connectivity index (χ1n) is 6.72. The number of hydrogen-bond donors (Lipinski definition) is 1. The van der Waals surface area contributed by atoms with Crippen LogP contribution in [0.4, 0.5) is 0 Å². The zero-order valence-electron chi connectivity index (χ0n) is 11.2. The summed E-state index contributed by atoms with van der Waals surface area (Å²) in [5.74, 6) is -0.997. The molecule has 1 aliphatic rings. The number of aromatic nitrogens is 1. The van der Waals surface area contributed by atoms with E-state index in [4.69, 9.17) is 5.11 Å². The number of carboxylic acid groups (broad SMARTS) is 1. The summed E-state index contributed by atoms with van der Waals surface area (Å²) in [5.41, 5.74) is 0.0278. The Kier molecular flexibility index (Phi) is 4.37. The third kappa shape index (κ3) is 3.44. The van der Waals surface area contributed by atoms with Gasteiger partial charge in [0.05, 0.1) is 5.56 Å². The fourth-order valence-electron chi connectivity index (χ4n) is 2.63. The summed E-state index contributed by atoms with van der Waals surface area (Å²) in [4.78, 5) is 24.9. The maximum absolute atomic E-state index is 11.7. The van der Waals surface area contributed by atoms with Gasteiger partial charge in [-0.1, -0.05) is 6.42 Å². The van der Waals surface area contributed by atoms with Gasteiger partial charge < -0.3 is 14.6 Å². The summed E-state index contributed by atoms with van der Waals surface area (Å²) < 4.78 is 1.51. The first kappa shape index (κ1) is 13.8. The molecule has 0 amide bonds. The van der Waals surface area contributed by atoms with Gasteiger partial charge in [-0.25, -0.2) is 4.79 Å². The van der Waals surface area contributed by atoms with Gasteiger partial charge in [0.25, 0.3) is 5.56 Å². The highest BCUT2D eigenvalue weighted by Crippen LogP contribution is 2.18. The molecule has 1 saturated heterocycles. The second-order valence-electron chi connectivity index (χ2n) is 5.17. The maximum Gasteiger partial charge on any atom is 0.337 e. The van der Waals surface area contributed by atoms with E-state index in [-0.39, 0.29) is 11.1 Å². The van der Waals surface area contributed by atoms with Gasteiger partial charge in [0, 0.05) is 24.8 Å². The molecule has 2 rings (SSSR count). The van der Waals surface area contributed by atoms with E-state index in [2.05, 4.69) is 11.9 Å². The molecule has 1 N–H and O–H groups in total. The van der Waals surface area contributed by atoms with E-state index in [0.717, 1.165) is 19.4 Å². The molecule has 2 heterocycles. The van der Waals surface area contributed by atoms with E-state index < -0.39 is 5.97 Å². The molecule has 5 nitrogen and oxygen atoms in total. The Morgan fingerprint density at radius 3 is 2.89 bits per heavy atom. The van der Waals surface area contributed by atoms with Crippen molar-refractivity contribution in [1.82, 2.24) is 9.47 Å². The highest BCUT2D eigenvalue weighted by molar-refractivity contribution is 5.87. The Morgan fingerprint density at radius 2 is 2.21 bits per heavy atom. The molecule has 5 heteroatoms. The van der Waals surface area contributed by atoms with Crippen LogP contribution in [-0.4, -0.2) is 40.2 Å². The number of pyridine rings is 1. The standard InChI is InChI=1S/C14H20N2O3/c1-15-8-3-2-4-12(15)7-9-16-10-11(14(18)19)5-6-13(16)17/h5-6,10,12H,2-4,7-9H2,1H3,(H,18,19). The van der Waals surface area contributed by atoms with Crippen LogP contribution in [0.2, 0.25) is 0 Å². The van der Waals surface area contributed by atoms with Gasteiger partial charge in [-0.15, -0.1) is 0 Å². The van der Waals surface area contributed by atoms with Crippen LogP contribution in [0, 0.1) is 0 Å². The van der Waals surface area contributed by atoms with Crippen molar-refractivity contribution < 1.29 is 9.90 Å². The van der Waals surface area contributed by atoms with Crippen molar-refractivity contribution in [2.45, 2.75) is 38.3 Å². The number of aryl methyl sites for hydroxylation is 1. The highest BCUT2D eigenvalue weighted by Gasteiger charge is 2.18. The minimum absolute atomic E-state index is 0.136.